The monoisotopic (exact) mass is 315 g/mol. The van der Waals surface area contributed by atoms with Crippen LogP contribution in [0.2, 0.25) is 0 Å². The van der Waals surface area contributed by atoms with Crippen molar-refractivity contribution in [2.45, 2.75) is 6.54 Å². The van der Waals surface area contributed by atoms with Gasteiger partial charge in [0.2, 0.25) is 11.7 Å². The molecule has 0 radical (unpaired) electrons. The van der Waals surface area contributed by atoms with E-state index in [1.807, 2.05) is 35.7 Å². The van der Waals surface area contributed by atoms with Crippen LogP contribution in [0.3, 0.4) is 0 Å². The Morgan fingerprint density at radius 1 is 1.23 bits per heavy atom. The van der Waals surface area contributed by atoms with Crippen molar-refractivity contribution < 1.29 is 14.1 Å². The maximum Gasteiger partial charge on any atom is 0.258 e. The van der Waals surface area contributed by atoms with Crippen molar-refractivity contribution in [3.8, 4) is 16.5 Å². The lowest BCUT2D eigenvalue weighted by molar-refractivity contribution is -0.123. The van der Waals surface area contributed by atoms with Crippen LogP contribution in [0.4, 0.5) is 0 Å². The Morgan fingerprint density at radius 3 is 2.86 bits per heavy atom. The smallest absolute Gasteiger partial charge is 0.258 e. The summed E-state index contributed by atoms with van der Waals surface area (Å²) in [4.78, 5) is 16.8. The van der Waals surface area contributed by atoms with Crippen molar-refractivity contribution in [2.75, 3.05) is 6.61 Å². The molecule has 1 amide bonds. The average molecular weight is 315 g/mol. The summed E-state index contributed by atoms with van der Waals surface area (Å²) in [5.41, 5.74) is 0. The second kappa shape index (κ2) is 6.86. The van der Waals surface area contributed by atoms with Crippen LogP contribution in [0.1, 0.15) is 5.89 Å². The fraction of sp³-hybridized carbons (Fsp3) is 0.133. The number of nitrogens with one attached hydrogen (secondary N) is 1. The summed E-state index contributed by atoms with van der Waals surface area (Å²) in [5, 5.41) is 8.48. The van der Waals surface area contributed by atoms with Crippen molar-refractivity contribution in [2.24, 2.45) is 0 Å². The summed E-state index contributed by atoms with van der Waals surface area (Å²) in [6.45, 7) is 0.116. The Hall–Kier alpha value is -2.67. The van der Waals surface area contributed by atoms with Gasteiger partial charge in [-0.2, -0.15) is 4.98 Å². The van der Waals surface area contributed by atoms with E-state index >= 15 is 0 Å². The highest BCUT2D eigenvalue weighted by Gasteiger charge is 2.10. The third kappa shape index (κ3) is 3.70. The molecule has 0 unspecified atom stereocenters. The van der Waals surface area contributed by atoms with E-state index in [1.165, 1.54) is 11.3 Å². The van der Waals surface area contributed by atoms with Gasteiger partial charge < -0.3 is 14.6 Å². The van der Waals surface area contributed by atoms with Crippen LogP contribution < -0.4 is 10.1 Å². The number of carbonyl (C=O) groups excluding carboxylic acids is 1. The van der Waals surface area contributed by atoms with Gasteiger partial charge in [0.1, 0.15) is 5.75 Å². The minimum atomic E-state index is -0.250. The van der Waals surface area contributed by atoms with Gasteiger partial charge in [-0.05, 0) is 23.6 Å². The molecule has 2 aromatic heterocycles. The first-order valence-corrected chi connectivity index (χ1v) is 7.50. The van der Waals surface area contributed by atoms with E-state index in [4.69, 9.17) is 9.26 Å². The number of hydrogen-bond acceptors (Lipinski definition) is 6. The zero-order valence-electron chi connectivity index (χ0n) is 11.6. The van der Waals surface area contributed by atoms with Gasteiger partial charge in [-0.1, -0.05) is 29.4 Å². The van der Waals surface area contributed by atoms with Crippen molar-refractivity contribution in [1.29, 1.82) is 0 Å². The number of rotatable bonds is 6. The van der Waals surface area contributed by atoms with E-state index < -0.39 is 0 Å². The predicted molar refractivity (Wildman–Crippen MR) is 81.4 cm³/mol. The minimum Gasteiger partial charge on any atom is -0.484 e. The lowest BCUT2D eigenvalue weighted by Crippen LogP contribution is -2.28. The maximum atomic E-state index is 11.7. The van der Waals surface area contributed by atoms with E-state index in [-0.39, 0.29) is 19.1 Å². The quantitative estimate of drug-likeness (QED) is 0.756. The number of carbonyl (C=O) groups is 1. The summed E-state index contributed by atoms with van der Waals surface area (Å²) in [6, 6.07) is 13.0. The Balaban J connectivity index is 1.47. The lowest BCUT2D eigenvalue weighted by atomic mass is 10.3. The number of hydrogen-bond donors (Lipinski definition) is 1. The highest BCUT2D eigenvalue weighted by atomic mass is 32.1. The number of benzene rings is 1. The molecule has 3 aromatic rings. The van der Waals surface area contributed by atoms with Crippen LogP contribution in [0, 0.1) is 0 Å². The molecule has 112 valence electrons. The van der Waals surface area contributed by atoms with Gasteiger partial charge in [-0.25, -0.2) is 0 Å². The van der Waals surface area contributed by atoms with E-state index in [0.29, 0.717) is 17.5 Å². The first-order chi connectivity index (χ1) is 10.8. The molecule has 2 heterocycles. The molecule has 0 spiro atoms. The number of para-hydroxylation sites is 1. The van der Waals surface area contributed by atoms with E-state index in [1.54, 1.807) is 12.1 Å². The molecule has 22 heavy (non-hydrogen) atoms. The standard InChI is InChI=1S/C15H13N3O3S/c19-13(10-20-11-5-2-1-3-6-11)16-9-14-17-15(18-21-14)12-7-4-8-22-12/h1-8H,9-10H2,(H,16,19). The SMILES string of the molecule is O=C(COc1ccccc1)NCc1nc(-c2cccs2)no1. The molecule has 0 bridgehead atoms. The average Bonchev–Trinajstić information content (AvgIpc) is 3.22. The fourth-order valence-electron chi connectivity index (χ4n) is 1.72. The molecule has 7 heteroatoms. The Bertz CT molecular complexity index is 726. The van der Waals surface area contributed by atoms with Gasteiger partial charge in [0.25, 0.3) is 5.91 Å². The first-order valence-electron chi connectivity index (χ1n) is 6.62. The zero-order valence-corrected chi connectivity index (χ0v) is 12.4. The van der Waals surface area contributed by atoms with Crippen molar-refractivity contribution in [1.82, 2.24) is 15.5 Å². The Labute approximate surface area is 130 Å². The van der Waals surface area contributed by atoms with Crippen LogP contribution in [0.25, 0.3) is 10.7 Å². The van der Waals surface area contributed by atoms with Gasteiger partial charge in [-0.15, -0.1) is 11.3 Å². The summed E-state index contributed by atoms with van der Waals surface area (Å²) >= 11 is 1.53. The topological polar surface area (TPSA) is 77.2 Å². The number of nitrogens with zero attached hydrogens (tertiary/aromatic N) is 2. The van der Waals surface area contributed by atoms with Gasteiger partial charge in [0.05, 0.1) is 11.4 Å². The van der Waals surface area contributed by atoms with Crippen LogP contribution in [0.15, 0.2) is 52.4 Å². The summed E-state index contributed by atoms with van der Waals surface area (Å²) < 4.78 is 10.4. The Morgan fingerprint density at radius 2 is 2.09 bits per heavy atom. The summed E-state index contributed by atoms with van der Waals surface area (Å²) in [7, 11) is 0. The normalized spacial score (nSPS) is 10.4. The van der Waals surface area contributed by atoms with E-state index in [2.05, 4.69) is 15.5 Å². The predicted octanol–water partition coefficient (Wildman–Crippen LogP) is 2.49. The van der Waals surface area contributed by atoms with Gasteiger partial charge in [0, 0.05) is 0 Å². The molecule has 1 aromatic carbocycles. The Kier molecular flexibility index (Phi) is 4.45. The van der Waals surface area contributed by atoms with Gasteiger partial charge in [0.15, 0.2) is 6.61 Å². The number of ether oxygens (including phenoxy) is 1. The van der Waals surface area contributed by atoms with Crippen LogP contribution >= 0.6 is 11.3 Å². The summed E-state index contributed by atoms with van der Waals surface area (Å²) in [5.74, 6) is 1.28. The number of thiophene rings is 1. The molecule has 3 rings (SSSR count). The molecule has 0 fully saturated rings. The van der Waals surface area contributed by atoms with Crippen molar-refractivity contribution in [3.05, 3.63) is 53.7 Å². The number of aromatic nitrogens is 2. The third-order valence-electron chi connectivity index (χ3n) is 2.76. The second-order valence-electron chi connectivity index (χ2n) is 4.37. The van der Waals surface area contributed by atoms with Crippen molar-refractivity contribution >= 4 is 17.2 Å². The highest BCUT2D eigenvalue weighted by molar-refractivity contribution is 7.13. The van der Waals surface area contributed by atoms with Crippen molar-refractivity contribution in [3.63, 3.8) is 0 Å². The minimum absolute atomic E-state index is 0.0596. The molecule has 0 aliphatic heterocycles. The molecular formula is C15H13N3O3S. The van der Waals surface area contributed by atoms with Crippen LogP contribution in [-0.4, -0.2) is 22.7 Å². The zero-order chi connectivity index (χ0) is 15.2. The molecule has 0 aliphatic carbocycles. The molecule has 0 saturated heterocycles. The molecule has 0 atom stereocenters. The van der Waals surface area contributed by atoms with Gasteiger partial charge >= 0.3 is 0 Å². The molecule has 0 aliphatic rings. The molecular weight excluding hydrogens is 302 g/mol. The largest absolute Gasteiger partial charge is 0.484 e. The third-order valence-corrected chi connectivity index (χ3v) is 3.63. The van der Waals surface area contributed by atoms with Crippen LogP contribution in [-0.2, 0) is 11.3 Å². The molecule has 6 nitrogen and oxygen atoms in total. The van der Waals surface area contributed by atoms with E-state index in [0.717, 1.165) is 4.88 Å². The lowest BCUT2D eigenvalue weighted by Gasteiger charge is -2.05. The van der Waals surface area contributed by atoms with E-state index in [9.17, 15) is 4.79 Å². The highest BCUT2D eigenvalue weighted by Crippen LogP contribution is 2.21. The molecule has 1 N–H and O–H groups in total. The number of amides is 1. The first kappa shape index (κ1) is 14.3. The second-order valence-corrected chi connectivity index (χ2v) is 5.32. The van der Waals surface area contributed by atoms with Crippen LogP contribution in [0.5, 0.6) is 5.75 Å². The summed E-state index contributed by atoms with van der Waals surface area (Å²) in [6.07, 6.45) is 0. The van der Waals surface area contributed by atoms with Gasteiger partial charge in [-0.3, -0.25) is 4.79 Å². The maximum absolute atomic E-state index is 11.7. The fourth-order valence-corrected chi connectivity index (χ4v) is 2.37. The molecule has 0 saturated carbocycles.